The summed E-state index contributed by atoms with van der Waals surface area (Å²) in [6.45, 7) is 2.06. The number of nitrogens with zero attached hydrogens (tertiary/aromatic N) is 1. The Morgan fingerprint density at radius 1 is 1.56 bits per heavy atom. The molecule has 1 aliphatic carbocycles. The van der Waals surface area contributed by atoms with Gasteiger partial charge in [0.2, 0.25) is 0 Å². The van der Waals surface area contributed by atoms with Gasteiger partial charge in [-0.2, -0.15) is 0 Å². The number of urea groups is 1. The van der Waals surface area contributed by atoms with Crippen molar-refractivity contribution in [2.75, 3.05) is 11.9 Å². The second kappa shape index (κ2) is 4.93. The average molecular weight is 269 g/mol. The van der Waals surface area contributed by atoms with Crippen LogP contribution >= 0.6 is 11.3 Å². The first-order valence-corrected chi connectivity index (χ1v) is 6.54. The second-order valence-corrected chi connectivity index (χ2v) is 5.76. The average Bonchev–Trinajstić information content (AvgIpc) is 2.61. The molecule has 0 spiro atoms. The SMILES string of the molecule is Cc1cnc(NC(=O)NCC2(C(=O)O)CCC2)s1. The van der Waals surface area contributed by atoms with Crippen molar-refractivity contribution in [3.05, 3.63) is 11.1 Å². The van der Waals surface area contributed by atoms with Crippen molar-refractivity contribution in [1.82, 2.24) is 10.3 Å². The van der Waals surface area contributed by atoms with Gasteiger partial charge in [0.25, 0.3) is 0 Å². The monoisotopic (exact) mass is 269 g/mol. The van der Waals surface area contributed by atoms with E-state index in [1.807, 2.05) is 6.92 Å². The zero-order valence-corrected chi connectivity index (χ0v) is 10.8. The van der Waals surface area contributed by atoms with E-state index in [9.17, 15) is 9.59 Å². The molecule has 7 heteroatoms. The molecule has 1 aliphatic rings. The summed E-state index contributed by atoms with van der Waals surface area (Å²) >= 11 is 1.38. The van der Waals surface area contributed by atoms with Crippen LogP contribution in [0.15, 0.2) is 6.20 Å². The van der Waals surface area contributed by atoms with Gasteiger partial charge in [-0.05, 0) is 19.8 Å². The largest absolute Gasteiger partial charge is 0.481 e. The van der Waals surface area contributed by atoms with Crippen molar-refractivity contribution in [3.63, 3.8) is 0 Å². The fourth-order valence-electron chi connectivity index (χ4n) is 1.87. The van der Waals surface area contributed by atoms with Gasteiger partial charge in [0.1, 0.15) is 0 Å². The predicted molar refractivity (Wildman–Crippen MR) is 67.8 cm³/mol. The summed E-state index contributed by atoms with van der Waals surface area (Å²) in [6, 6.07) is -0.406. The normalized spacial score (nSPS) is 16.7. The minimum Gasteiger partial charge on any atom is -0.481 e. The molecule has 0 unspecified atom stereocenters. The smallest absolute Gasteiger partial charge is 0.321 e. The third-order valence-electron chi connectivity index (χ3n) is 3.19. The van der Waals surface area contributed by atoms with E-state index in [1.54, 1.807) is 6.20 Å². The number of aliphatic carboxylic acids is 1. The number of carbonyl (C=O) groups excluding carboxylic acids is 1. The van der Waals surface area contributed by atoms with Gasteiger partial charge in [-0.3, -0.25) is 10.1 Å². The van der Waals surface area contributed by atoms with Crippen LogP contribution in [0, 0.1) is 12.3 Å². The molecular formula is C11H15N3O3S. The van der Waals surface area contributed by atoms with E-state index in [-0.39, 0.29) is 6.54 Å². The number of aromatic nitrogens is 1. The number of nitrogens with one attached hydrogen (secondary N) is 2. The molecule has 0 bridgehead atoms. The lowest BCUT2D eigenvalue weighted by molar-refractivity contribution is -0.153. The van der Waals surface area contributed by atoms with Crippen LogP contribution in [0.3, 0.4) is 0 Å². The predicted octanol–water partition coefficient (Wildman–Crippen LogP) is 1.83. The van der Waals surface area contributed by atoms with Crippen molar-refractivity contribution >= 4 is 28.5 Å². The second-order valence-electron chi connectivity index (χ2n) is 4.52. The van der Waals surface area contributed by atoms with Crippen LogP contribution in [0.2, 0.25) is 0 Å². The van der Waals surface area contributed by atoms with Crippen molar-refractivity contribution in [1.29, 1.82) is 0 Å². The first kappa shape index (κ1) is 12.8. The fourth-order valence-corrected chi connectivity index (χ4v) is 2.53. The number of amides is 2. The van der Waals surface area contributed by atoms with Crippen molar-refractivity contribution in [3.8, 4) is 0 Å². The molecule has 2 rings (SSSR count). The van der Waals surface area contributed by atoms with E-state index in [4.69, 9.17) is 5.11 Å². The van der Waals surface area contributed by atoms with Gasteiger partial charge in [0.15, 0.2) is 5.13 Å². The van der Waals surface area contributed by atoms with Gasteiger partial charge in [-0.1, -0.05) is 6.42 Å². The molecule has 1 saturated carbocycles. The third-order valence-corrected chi connectivity index (χ3v) is 4.02. The highest BCUT2D eigenvalue weighted by molar-refractivity contribution is 7.15. The minimum atomic E-state index is -0.834. The Morgan fingerprint density at radius 3 is 2.72 bits per heavy atom. The van der Waals surface area contributed by atoms with Gasteiger partial charge in [0.05, 0.1) is 5.41 Å². The lowest BCUT2D eigenvalue weighted by Gasteiger charge is -2.37. The highest BCUT2D eigenvalue weighted by atomic mass is 32.1. The van der Waals surface area contributed by atoms with Crippen LogP contribution in [0.1, 0.15) is 24.1 Å². The number of thiazole rings is 1. The molecule has 2 amide bonds. The summed E-state index contributed by atoms with van der Waals surface area (Å²) in [5, 5.41) is 14.8. The molecule has 1 fully saturated rings. The quantitative estimate of drug-likeness (QED) is 0.777. The Balaban J connectivity index is 1.83. The Hall–Kier alpha value is -1.63. The van der Waals surface area contributed by atoms with Crippen molar-refractivity contribution < 1.29 is 14.7 Å². The van der Waals surface area contributed by atoms with Gasteiger partial charge in [-0.25, -0.2) is 9.78 Å². The maximum absolute atomic E-state index is 11.6. The van der Waals surface area contributed by atoms with E-state index in [0.29, 0.717) is 18.0 Å². The van der Waals surface area contributed by atoms with Crippen LogP contribution in [-0.2, 0) is 4.79 Å². The molecule has 1 heterocycles. The van der Waals surface area contributed by atoms with Gasteiger partial charge >= 0.3 is 12.0 Å². The third kappa shape index (κ3) is 2.61. The highest BCUT2D eigenvalue weighted by Gasteiger charge is 2.44. The van der Waals surface area contributed by atoms with E-state index in [2.05, 4.69) is 15.6 Å². The molecule has 0 radical (unpaired) electrons. The maximum Gasteiger partial charge on any atom is 0.321 e. The summed E-state index contributed by atoms with van der Waals surface area (Å²) in [5.41, 5.74) is -0.768. The van der Waals surface area contributed by atoms with Crippen molar-refractivity contribution in [2.45, 2.75) is 26.2 Å². The van der Waals surface area contributed by atoms with Crippen LogP contribution in [0.25, 0.3) is 0 Å². The zero-order chi connectivity index (χ0) is 13.2. The molecular weight excluding hydrogens is 254 g/mol. The van der Waals surface area contributed by atoms with Gasteiger partial charge in [-0.15, -0.1) is 11.3 Å². The Labute approximate surface area is 108 Å². The molecule has 0 saturated heterocycles. The van der Waals surface area contributed by atoms with E-state index >= 15 is 0 Å². The highest BCUT2D eigenvalue weighted by Crippen LogP contribution is 2.40. The molecule has 1 aromatic heterocycles. The number of carboxylic acids is 1. The van der Waals surface area contributed by atoms with E-state index in [0.717, 1.165) is 11.3 Å². The van der Waals surface area contributed by atoms with Gasteiger partial charge < -0.3 is 10.4 Å². The molecule has 0 aromatic carbocycles. The summed E-state index contributed by atoms with van der Waals surface area (Å²) in [6.07, 6.45) is 3.82. The van der Waals surface area contributed by atoms with E-state index in [1.165, 1.54) is 11.3 Å². The lowest BCUT2D eigenvalue weighted by atomic mass is 9.69. The Bertz CT molecular complexity index is 468. The standard InChI is InChI=1S/C11H15N3O3S/c1-7-5-12-10(18-7)14-9(17)13-6-11(8(15)16)3-2-4-11/h5H,2-4,6H2,1H3,(H,15,16)(H2,12,13,14,17). The number of carbonyl (C=O) groups is 2. The number of hydrogen-bond acceptors (Lipinski definition) is 4. The summed E-state index contributed by atoms with van der Waals surface area (Å²) in [5.74, 6) is -0.834. The first-order chi connectivity index (χ1) is 8.52. The maximum atomic E-state index is 11.6. The summed E-state index contributed by atoms with van der Waals surface area (Å²) in [7, 11) is 0. The zero-order valence-electron chi connectivity index (χ0n) is 10.0. The summed E-state index contributed by atoms with van der Waals surface area (Å²) in [4.78, 5) is 27.7. The van der Waals surface area contributed by atoms with Crippen molar-refractivity contribution in [2.24, 2.45) is 5.41 Å². The number of anilines is 1. The number of rotatable bonds is 4. The summed E-state index contributed by atoms with van der Waals surface area (Å²) < 4.78 is 0. The molecule has 18 heavy (non-hydrogen) atoms. The Morgan fingerprint density at radius 2 is 2.28 bits per heavy atom. The first-order valence-electron chi connectivity index (χ1n) is 5.72. The van der Waals surface area contributed by atoms with Gasteiger partial charge in [0, 0.05) is 17.6 Å². The number of hydrogen-bond donors (Lipinski definition) is 3. The molecule has 6 nitrogen and oxygen atoms in total. The molecule has 3 N–H and O–H groups in total. The molecule has 98 valence electrons. The van der Waals surface area contributed by atoms with Crippen LogP contribution in [0.5, 0.6) is 0 Å². The van der Waals surface area contributed by atoms with Crippen LogP contribution < -0.4 is 10.6 Å². The Kier molecular flexibility index (Phi) is 3.51. The lowest BCUT2D eigenvalue weighted by Crippen LogP contribution is -2.48. The molecule has 1 aromatic rings. The molecule has 0 aliphatic heterocycles. The topological polar surface area (TPSA) is 91.3 Å². The minimum absolute atomic E-state index is 0.165. The number of carboxylic acid groups (broad SMARTS) is 1. The van der Waals surface area contributed by atoms with E-state index < -0.39 is 17.4 Å². The van der Waals surface area contributed by atoms with Crippen LogP contribution in [-0.4, -0.2) is 28.6 Å². The van der Waals surface area contributed by atoms with Crippen LogP contribution in [0.4, 0.5) is 9.93 Å². The number of aryl methyl sites for hydroxylation is 1. The molecule has 0 atom stereocenters. The fraction of sp³-hybridized carbons (Fsp3) is 0.545.